The minimum atomic E-state index is -1.40. The zero-order chi connectivity index (χ0) is 24.7. The molecule has 3 aliphatic carbocycles. The standard InChI is InChI=1S/C29H29NO5/c1-3-19(31)16-35-29-22-10-6-4-8-20(22)24(21-9-5-7-11-23(21)29)25(26(29)28(33)34)27(32)30-18-14-12-17(2)13-15-18/h4-15,19,24-26,31H,3,16H2,1-2H3,(H,30,32)(H,33,34). The Labute approximate surface area is 204 Å². The zero-order valence-corrected chi connectivity index (χ0v) is 19.8. The van der Waals surface area contributed by atoms with Gasteiger partial charge >= 0.3 is 5.97 Å². The molecule has 3 aliphatic rings. The van der Waals surface area contributed by atoms with Gasteiger partial charge in [0.2, 0.25) is 5.91 Å². The number of aliphatic carboxylic acids is 1. The lowest BCUT2D eigenvalue weighted by Crippen LogP contribution is -2.59. The molecule has 1 amide bonds. The maximum absolute atomic E-state index is 13.8. The van der Waals surface area contributed by atoms with Crippen molar-refractivity contribution in [1.82, 2.24) is 0 Å². The molecule has 3 atom stereocenters. The number of carboxylic acids is 1. The van der Waals surface area contributed by atoms with Gasteiger partial charge in [0.05, 0.1) is 18.6 Å². The van der Waals surface area contributed by atoms with Crippen LogP contribution in [0.2, 0.25) is 0 Å². The third-order valence-corrected chi connectivity index (χ3v) is 7.41. The number of carbonyl (C=O) groups excluding carboxylic acids is 1. The summed E-state index contributed by atoms with van der Waals surface area (Å²) in [6.45, 7) is 3.77. The zero-order valence-electron chi connectivity index (χ0n) is 19.8. The second-order valence-corrected chi connectivity index (χ2v) is 9.46. The Morgan fingerprint density at radius 2 is 1.54 bits per heavy atom. The van der Waals surface area contributed by atoms with E-state index in [1.165, 1.54) is 0 Å². The van der Waals surface area contributed by atoms with Crippen molar-refractivity contribution in [2.75, 3.05) is 11.9 Å². The van der Waals surface area contributed by atoms with Crippen LogP contribution in [0.25, 0.3) is 0 Å². The van der Waals surface area contributed by atoms with Gasteiger partial charge in [0.15, 0.2) is 0 Å². The molecule has 2 bridgehead atoms. The molecular formula is C29H29NO5. The van der Waals surface area contributed by atoms with Gasteiger partial charge in [0.25, 0.3) is 0 Å². The van der Waals surface area contributed by atoms with Crippen LogP contribution < -0.4 is 5.32 Å². The molecule has 0 saturated heterocycles. The number of amides is 1. The first-order chi connectivity index (χ1) is 16.9. The van der Waals surface area contributed by atoms with Gasteiger partial charge in [-0.3, -0.25) is 9.59 Å². The molecule has 3 N–H and O–H groups in total. The number of carboxylic acid groups (broad SMARTS) is 1. The lowest BCUT2D eigenvalue weighted by Gasteiger charge is -2.55. The molecule has 0 heterocycles. The van der Waals surface area contributed by atoms with Crippen LogP contribution in [-0.4, -0.2) is 34.8 Å². The summed E-state index contributed by atoms with van der Waals surface area (Å²) in [5.41, 5.74) is 3.55. The maximum Gasteiger partial charge on any atom is 0.311 e. The summed E-state index contributed by atoms with van der Waals surface area (Å²) < 4.78 is 6.47. The van der Waals surface area contributed by atoms with E-state index in [-0.39, 0.29) is 12.5 Å². The van der Waals surface area contributed by atoms with E-state index in [0.717, 1.165) is 27.8 Å². The molecule has 0 aromatic heterocycles. The van der Waals surface area contributed by atoms with Crippen LogP contribution in [0.3, 0.4) is 0 Å². The summed E-state index contributed by atoms with van der Waals surface area (Å²) in [7, 11) is 0. The second-order valence-electron chi connectivity index (χ2n) is 9.46. The average molecular weight is 472 g/mol. The van der Waals surface area contributed by atoms with Crippen LogP contribution in [0.4, 0.5) is 5.69 Å². The van der Waals surface area contributed by atoms with E-state index in [2.05, 4.69) is 5.32 Å². The molecule has 35 heavy (non-hydrogen) atoms. The second kappa shape index (κ2) is 8.95. The van der Waals surface area contributed by atoms with E-state index in [0.29, 0.717) is 12.1 Å². The number of hydrogen-bond donors (Lipinski definition) is 3. The van der Waals surface area contributed by atoms with Gasteiger partial charge in [-0.2, -0.15) is 0 Å². The molecule has 0 aliphatic heterocycles. The van der Waals surface area contributed by atoms with Crippen LogP contribution in [0.15, 0.2) is 72.8 Å². The fourth-order valence-corrected chi connectivity index (χ4v) is 5.78. The minimum Gasteiger partial charge on any atom is -0.481 e. The van der Waals surface area contributed by atoms with Gasteiger partial charge in [0, 0.05) is 11.6 Å². The number of fused-ring (bicyclic) bond motifs is 1. The highest BCUT2D eigenvalue weighted by atomic mass is 16.5. The number of hydrogen-bond acceptors (Lipinski definition) is 4. The lowest BCUT2D eigenvalue weighted by atomic mass is 9.51. The van der Waals surface area contributed by atoms with Crippen molar-refractivity contribution >= 4 is 17.6 Å². The maximum atomic E-state index is 13.8. The molecule has 0 fully saturated rings. The topological polar surface area (TPSA) is 95.9 Å². The van der Waals surface area contributed by atoms with Crippen molar-refractivity contribution in [2.24, 2.45) is 11.8 Å². The highest BCUT2D eigenvalue weighted by Gasteiger charge is 2.64. The minimum absolute atomic E-state index is 0.0417. The van der Waals surface area contributed by atoms with Crippen LogP contribution in [0.5, 0.6) is 0 Å². The van der Waals surface area contributed by atoms with Crippen LogP contribution in [0.1, 0.15) is 47.1 Å². The predicted octanol–water partition coefficient (Wildman–Crippen LogP) is 4.44. The smallest absolute Gasteiger partial charge is 0.311 e. The summed E-state index contributed by atoms with van der Waals surface area (Å²) >= 11 is 0. The largest absolute Gasteiger partial charge is 0.481 e. The van der Waals surface area contributed by atoms with Crippen molar-refractivity contribution in [2.45, 2.75) is 37.9 Å². The van der Waals surface area contributed by atoms with Gasteiger partial charge in [-0.05, 0) is 47.7 Å². The van der Waals surface area contributed by atoms with Crippen molar-refractivity contribution in [3.63, 3.8) is 0 Å². The fraction of sp³-hybridized carbons (Fsp3) is 0.310. The van der Waals surface area contributed by atoms with Crippen molar-refractivity contribution in [3.8, 4) is 0 Å². The number of aliphatic hydroxyl groups excluding tert-OH is 1. The van der Waals surface area contributed by atoms with Gasteiger partial charge in [-0.25, -0.2) is 0 Å². The predicted molar refractivity (Wildman–Crippen MR) is 132 cm³/mol. The summed E-state index contributed by atoms with van der Waals surface area (Å²) in [4.78, 5) is 26.8. The number of nitrogens with one attached hydrogen (secondary N) is 1. The summed E-state index contributed by atoms with van der Waals surface area (Å²) in [6.07, 6.45) is -0.283. The third kappa shape index (κ3) is 3.65. The summed E-state index contributed by atoms with van der Waals surface area (Å²) in [5, 5.41) is 23.9. The monoisotopic (exact) mass is 471 g/mol. The fourth-order valence-electron chi connectivity index (χ4n) is 5.78. The molecule has 0 saturated carbocycles. The number of anilines is 1. The van der Waals surface area contributed by atoms with Crippen LogP contribution >= 0.6 is 0 Å². The number of aryl methyl sites for hydroxylation is 1. The van der Waals surface area contributed by atoms with E-state index in [1.54, 1.807) is 0 Å². The van der Waals surface area contributed by atoms with Gasteiger partial charge in [-0.1, -0.05) is 73.2 Å². The van der Waals surface area contributed by atoms with E-state index in [4.69, 9.17) is 4.74 Å². The van der Waals surface area contributed by atoms with Crippen LogP contribution in [0, 0.1) is 18.8 Å². The van der Waals surface area contributed by atoms with Gasteiger partial charge in [-0.15, -0.1) is 0 Å². The number of rotatable bonds is 7. The Morgan fingerprint density at radius 1 is 0.971 bits per heavy atom. The first-order valence-corrected chi connectivity index (χ1v) is 12.0. The summed E-state index contributed by atoms with van der Waals surface area (Å²) in [5.74, 6) is -3.98. The Morgan fingerprint density at radius 3 is 2.09 bits per heavy atom. The molecule has 6 rings (SSSR count). The number of benzene rings is 3. The Kier molecular flexibility index (Phi) is 5.95. The lowest BCUT2D eigenvalue weighted by molar-refractivity contribution is -0.172. The Hall–Kier alpha value is -3.48. The Balaban J connectivity index is 1.70. The normalized spacial score (nSPS) is 24.8. The van der Waals surface area contributed by atoms with E-state index in [1.807, 2.05) is 86.6 Å². The van der Waals surface area contributed by atoms with Gasteiger partial charge in [0.1, 0.15) is 11.5 Å². The molecule has 3 aromatic rings. The molecule has 3 unspecified atom stereocenters. The number of carbonyl (C=O) groups is 2. The highest BCUT2D eigenvalue weighted by Crippen LogP contribution is 2.62. The molecule has 6 nitrogen and oxygen atoms in total. The highest BCUT2D eigenvalue weighted by molar-refractivity contribution is 5.98. The number of ether oxygens (including phenoxy) is 1. The third-order valence-electron chi connectivity index (χ3n) is 7.41. The quantitative estimate of drug-likeness (QED) is 0.474. The molecule has 0 spiro atoms. The molecule has 180 valence electrons. The molecular weight excluding hydrogens is 442 g/mol. The number of aliphatic hydroxyl groups is 1. The molecule has 6 heteroatoms. The first kappa shape index (κ1) is 23.3. The average Bonchev–Trinajstić information content (AvgIpc) is 2.88. The Bertz CT molecular complexity index is 1220. The summed E-state index contributed by atoms with van der Waals surface area (Å²) in [6, 6.07) is 22.7. The van der Waals surface area contributed by atoms with E-state index >= 15 is 0 Å². The van der Waals surface area contributed by atoms with Gasteiger partial charge < -0.3 is 20.3 Å². The molecule has 0 radical (unpaired) electrons. The molecule has 3 aromatic carbocycles. The first-order valence-electron chi connectivity index (χ1n) is 12.0. The van der Waals surface area contributed by atoms with Crippen LogP contribution in [-0.2, 0) is 19.9 Å². The van der Waals surface area contributed by atoms with E-state index < -0.39 is 35.4 Å². The van der Waals surface area contributed by atoms with Crippen molar-refractivity contribution < 1.29 is 24.5 Å². The SMILES string of the molecule is CCC(O)COC12c3ccccc3C(c3ccccc31)C(C(=O)Nc1ccc(C)cc1)C2C(=O)O. The van der Waals surface area contributed by atoms with Crippen molar-refractivity contribution in [1.29, 1.82) is 0 Å². The van der Waals surface area contributed by atoms with E-state index in [9.17, 15) is 19.8 Å². The van der Waals surface area contributed by atoms with Crippen molar-refractivity contribution in [3.05, 3.63) is 101 Å².